The summed E-state index contributed by atoms with van der Waals surface area (Å²) in [5, 5.41) is 0. The minimum Gasteiger partial charge on any atom is -0.489 e. The lowest BCUT2D eigenvalue weighted by molar-refractivity contribution is 0.347. The summed E-state index contributed by atoms with van der Waals surface area (Å²) < 4.78 is 16.2. The van der Waals surface area contributed by atoms with E-state index < -0.39 is 0 Å². The lowest BCUT2D eigenvalue weighted by atomic mass is 9.83. The molecule has 0 aromatic heterocycles. The van der Waals surface area contributed by atoms with E-state index in [9.17, 15) is 0 Å². The Morgan fingerprint density at radius 1 is 0.750 bits per heavy atom. The molecule has 0 saturated heterocycles. The van der Waals surface area contributed by atoms with Gasteiger partial charge in [0.1, 0.15) is 24.7 Å². The molecule has 2 aromatic carbocycles. The first-order valence-electron chi connectivity index (χ1n) is 10.4. The van der Waals surface area contributed by atoms with Crippen LogP contribution in [0.5, 0.6) is 11.5 Å². The van der Waals surface area contributed by atoms with Crippen molar-refractivity contribution < 1.29 is 9.47 Å². The van der Waals surface area contributed by atoms with Gasteiger partial charge in [0.25, 0.3) is 0 Å². The van der Waals surface area contributed by atoms with Gasteiger partial charge in [-0.1, -0.05) is 53.0 Å². The maximum Gasteiger partial charge on any atom is 0.128 e. The molecular weight excluding hydrogens is 664 g/mol. The summed E-state index contributed by atoms with van der Waals surface area (Å²) in [5.74, 6) is 1.77. The molecule has 0 fully saturated rings. The Bertz CT molecular complexity index is 1050. The van der Waals surface area contributed by atoms with E-state index in [-0.39, 0.29) is 5.41 Å². The molecule has 2 nitrogen and oxygen atoms in total. The highest BCUT2D eigenvalue weighted by molar-refractivity contribution is 9.11. The fourth-order valence-corrected chi connectivity index (χ4v) is 7.45. The van der Waals surface area contributed by atoms with Gasteiger partial charge in [-0.25, -0.2) is 0 Å². The zero-order valence-corrected chi connectivity index (χ0v) is 25.9. The van der Waals surface area contributed by atoms with Gasteiger partial charge in [0.2, 0.25) is 0 Å². The fraction of sp³-hybridized carbons (Fsp3) is 0.385. The number of halogens is 4. The van der Waals surface area contributed by atoms with Gasteiger partial charge < -0.3 is 9.47 Å². The van der Waals surface area contributed by atoms with E-state index in [0.717, 1.165) is 69.2 Å². The highest BCUT2D eigenvalue weighted by Crippen LogP contribution is 2.54. The molecule has 0 unspecified atom stereocenters. The van der Waals surface area contributed by atoms with Crippen molar-refractivity contribution in [3.63, 3.8) is 0 Å². The SMILES string of the molecule is C=CCOc1c(C)c(Br)c(-c2c(Br)c(C)c(OCC=C)c(C(C)(C)C)c2Br)c(Br)c1CC. The van der Waals surface area contributed by atoms with E-state index in [0.29, 0.717) is 13.2 Å². The van der Waals surface area contributed by atoms with Crippen molar-refractivity contribution in [1.82, 2.24) is 0 Å². The van der Waals surface area contributed by atoms with Crippen LogP contribution in [0.1, 0.15) is 49.9 Å². The van der Waals surface area contributed by atoms with Crippen molar-refractivity contribution in [3.8, 4) is 22.6 Å². The van der Waals surface area contributed by atoms with Gasteiger partial charge in [0.15, 0.2) is 0 Å². The van der Waals surface area contributed by atoms with E-state index >= 15 is 0 Å². The van der Waals surface area contributed by atoms with Crippen LogP contribution in [-0.2, 0) is 11.8 Å². The fourth-order valence-electron chi connectivity index (χ4n) is 3.74. The van der Waals surface area contributed by atoms with Gasteiger partial charge >= 0.3 is 0 Å². The maximum atomic E-state index is 6.16. The maximum absolute atomic E-state index is 6.16. The molecule has 0 spiro atoms. The molecule has 0 N–H and O–H groups in total. The zero-order valence-electron chi connectivity index (χ0n) is 19.5. The number of benzene rings is 2. The molecule has 2 aromatic rings. The normalized spacial score (nSPS) is 11.4. The molecule has 0 bridgehead atoms. The number of rotatable bonds is 8. The van der Waals surface area contributed by atoms with Crippen molar-refractivity contribution in [3.05, 3.63) is 65.5 Å². The predicted molar refractivity (Wildman–Crippen MR) is 152 cm³/mol. The Kier molecular flexibility index (Phi) is 9.73. The predicted octanol–water partition coefficient (Wildman–Crippen LogP) is 10.0. The van der Waals surface area contributed by atoms with Crippen molar-refractivity contribution in [2.24, 2.45) is 0 Å². The van der Waals surface area contributed by atoms with Crippen molar-refractivity contribution >= 4 is 63.7 Å². The van der Waals surface area contributed by atoms with E-state index in [2.05, 4.69) is 118 Å². The number of hydrogen-bond acceptors (Lipinski definition) is 2. The van der Waals surface area contributed by atoms with Crippen LogP contribution in [0.3, 0.4) is 0 Å². The molecule has 32 heavy (non-hydrogen) atoms. The topological polar surface area (TPSA) is 18.5 Å². The van der Waals surface area contributed by atoms with Crippen LogP contribution in [0.4, 0.5) is 0 Å². The minimum atomic E-state index is -0.149. The summed E-state index contributed by atoms with van der Waals surface area (Å²) >= 11 is 15.6. The van der Waals surface area contributed by atoms with E-state index in [4.69, 9.17) is 9.47 Å². The van der Waals surface area contributed by atoms with Gasteiger partial charge in [-0.3, -0.25) is 0 Å². The van der Waals surface area contributed by atoms with Crippen LogP contribution < -0.4 is 9.47 Å². The first-order chi connectivity index (χ1) is 14.9. The first kappa shape index (κ1) is 27.7. The smallest absolute Gasteiger partial charge is 0.128 e. The minimum absolute atomic E-state index is 0.149. The number of ether oxygens (including phenoxy) is 2. The number of hydrogen-bond donors (Lipinski definition) is 0. The van der Waals surface area contributed by atoms with Crippen LogP contribution in [-0.4, -0.2) is 13.2 Å². The third-order valence-corrected chi connectivity index (χ3v) is 8.90. The second-order valence-electron chi connectivity index (χ2n) is 8.57. The molecule has 0 saturated carbocycles. The summed E-state index contributed by atoms with van der Waals surface area (Å²) in [6.07, 6.45) is 4.37. The van der Waals surface area contributed by atoms with Gasteiger partial charge in [0, 0.05) is 51.3 Å². The second-order valence-corrected chi connectivity index (χ2v) is 11.7. The van der Waals surface area contributed by atoms with E-state index in [1.807, 2.05) is 0 Å². The highest BCUT2D eigenvalue weighted by atomic mass is 79.9. The van der Waals surface area contributed by atoms with Crippen molar-refractivity contribution in [2.45, 2.75) is 53.4 Å². The Morgan fingerprint density at radius 3 is 1.62 bits per heavy atom. The van der Waals surface area contributed by atoms with Crippen LogP contribution in [0.15, 0.2) is 43.2 Å². The average molecular weight is 694 g/mol. The largest absolute Gasteiger partial charge is 0.489 e. The van der Waals surface area contributed by atoms with Gasteiger partial charge in [0.05, 0.1) is 0 Å². The Balaban J connectivity index is 3.01. The molecule has 0 aliphatic rings. The van der Waals surface area contributed by atoms with Crippen LogP contribution in [0.2, 0.25) is 0 Å². The molecule has 0 aliphatic heterocycles. The third kappa shape index (κ3) is 5.24. The Labute approximate surface area is 226 Å². The van der Waals surface area contributed by atoms with Crippen LogP contribution in [0, 0.1) is 13.8 Å². The van der Waals surface area contributed by atoms with E-state index in [1.54, 1.807) is 12.2 Å². The summed E-state index contributed by atoms with van der Waals surface area (Å²) in [4.78, 5) is 0. The summed E-state index contributed by atoms with van der Waals surface area (Å²) in [7, 11) is 0. The second kappa shape index (κ2) is 11.2. The van der Waals surface area contributed by atoms with Gasteiger partial charge in [-0.15, -0.1) is 0 Å². The molecule has 0 atom stereocenters. The van der Waals surface area contributed by atoms with Crippen LogP contribution >= 0.6 is 63.7 Å². The molecule has 0 aliphatic carbocycles. The summed E-state index contributed by atoms with van der Waals surface area (Å²) in [6.45, 7) is 21.4. The first-order valence-corrected chi connectivity index (χ1v) is 13.6. The molecule has 0 radical (unpaired) electrons. The standard InChI is InChI=1S/C26H30Br4O2/c1-9-12-31-24-14(4)20(27)17(22(29)16(24)11-3)18-21(28)15(5)25(32-13-10-2)19(23(18)30)26(6,7)8/h9-10H,1-2,11-13H2,3-8H3. The van der Waals surface area contributed by atoms with Gasteiger partial charge in [-0.2, -0.15) is 0 Å². The summed E-state index contributed by atoms with van der Waals surface area (Å²) in [6, 6.07) is 0. The molecule has 0 amide bonds. The average Bonchev–Trinajstić information content (AvgIpc) is 2.72. The molecular formula is C26H30Br4O2. The lowest BCUT2D eigenvalue weighted by Crippen LogP contribution is -2.17. The molecule has 2 rings (SSSR count). The monoisotopic (exact) mass is 690 g/mol. The molecule has 174 valence electrons. The van der Waals surface area contributed by atoms with Crippen LogP contribution in [0.25, 0.3) is 11.1 Å². The van der Waals surface area contributed by atoms with Crippen molar-refractivity contribution in [1.29, 1.82) is 0 Å². The third-order valence-electron chi connectivity index (χ3n) is 5.25. The quantitative estimate of drug-likeness (QED) is 0.256. The Hall–Kier alpha value is -0.560. The Morgan fingerprint density at radius 2 is 1.19 bits per heavy atom. The summed E-state index contributed by atoms with van der Waals surface area (Å²) in [5.41, 5.74) is 6.36. The highest BCUT2D eigenvalue weighted by Gasteiger charge is 2.31. The zero-order chi connectivity index (χ0) is 24.4. The van der Waals surface area contributed by atoms with E-state index in [1.165, 1.54) is 0 Å². The molecule has 6 heteroatoms. The van der Waals surface area contributed by atoms with Gasteiger partial charge in [-0.05, 0) is 89.4 Å². The lowest BCUT2D eigenvalue weighted by Gasteiger charge is -2.30. The van der Waals surface area contributed by atoms with Crippen molar-refractivity contribution in [2.75, 3.05) is 13.2 Å². The molecule has 0 heterocycles.